The maximum absolute atomic E-state index is 5.67. The van der Waals surface area contributed by atoms with Crippen molar-refractivity contribution in [2.24, 2.45) is 5.92 Å². The zero-order chi connectivity index (χ0) is 13.0. The summed E-state index contributed by atoms with van der Waals surface area (Å²) in [6.45, 7) is 10.8. The van der Waals surface area contributed by atoms with Crippen LogP contribution in [0.4, 0.5) is 5.69 Å². The highest BCUT2D eigenvalue weighted by Crippen LogP contribution is 2.21. The summed E-state index contributed by atoms with van der Waals surface area (Å²) < 4.78 is 5.67. The van der Waals surface area contributed by atoms with Gasteiger partial charge in [0.15, 0.2) is 0 Å². The molecule has 2 rings (SSSR count). The van der Waals surface area contributed by atoms with Gasteiger partial charge in [0.25, 0.3) is 0 Å². The molecule has 0 amide bonds. The molecule has 3 heteroatoms. The first kappa shape index (κ1) is 13.2. The number of hydrogen-bond acceptors (Lipinski definition) is 3. The van der Waals surface area contributed by atoms with E-state index in [1.54, 1.807) is 0 Å². The van der Waals surface area contributed by atoms with E-state index < -0.39 is 0 Å². The molecule has 1 heterocycles. The van der Waals surface area contributed by atoms with E-state index in [4.69, 9.17) is 4.74 Å². The normalized spacial score (nSPS) is 20.9. The van der Waals surface area contributed by atoms with Crippen molar-refractivity contribution in [1.82, 2.24) is 5.32 Å². The lowest BCUT2D eigenvalue weighted by Crippen LogP contribution is -2.29. The fourth-order valence-electron chi connectivity index (χ4n) is 2.34. The molecule has 1 aromatic rings. The standard InChI is InChI=1S/C15H24N2O/c1-12(2)18-15-6-4-14(5-7-15)17-9-8-16-10-13(3)11-17/h4-7,12-13,16H,8-11H2,1-3H3. The second kappa shape index (κ2) is 6.10. The third-order valence-electron chi connectivity index (χ3n) is 3.16. The summed E-state index contributed by atoms with van der Waals surface area (Å²) in [7, 11) is 0. The number of nitrogens with zero attached hydrogens (tertiary/aromatic N) is 1. The molecule has 0 saturated carbocycles. The molecule has 0 aromatic heterocycles. The van der Waals surface area contributed by atoms with E-state index in [9.17, 15) is 0 Å². The molecule has 1 aromatic carbocycles. The Labute approximate surface area is 110 Å². The molecule has 1 saturated heterocycles. The molecule has 1 fully saturated rings. The first-order chi connectivity index (χ1) is 8.65. The van der Waals surface area contributed by atoms with Gasteiger partial charge in [-0.05, 0) is 50.6 Å². The zero-order valence-electron chi connectivity index (χ0n) is 11.6. The zero-order valence-corrected chi connectivity index (χ0v) is 11.6. The fraction of sp³-hybridized carbons (Fsp3) is 0.600. The van der Waals surface area contributed by atoms with Crippen molar-refractivity contribution in [2.45, 2.75) is 26.9 Å². The van der Waals surface area contributed by atoms with Crippen molar-refractivity contribution < 1.29 is 4.74 Å². The molecule has 1 aliphatic rings. The van der Waals surface area contributed by atoms with E-state index in [-0.39, 0.29) is 6.10 Å². The smallest absolute Gasteiger partial charge is 0.119 e. The average Bonchev–Trinajstić information content (AvgIpc) is 2.54. The number of anilines is 1. The Bertz CT molecular complexity index is 361. The van der Waals surface area contributed by atoms with E-state index >= 15 is 0 Å². The Morgan fingerprint density at radius 2 is 2.00 bits per heavy atom. The lowest BCUT2D eigenvalue weighted by atomic mass is 10.1. The lowest BCUT2D eigenvalue weighted by molar-refractivity contribution is 0.242. The quantitative estimate of drug-likeness (QED) is 0.889. The van der Waals surface area contributed by atoms with Gasteiger partial charge < -0.3 is 15.0 Å². The van der Waals surface area contributed by atoms with Gasteiger partial charge in [-0.3, -0.25) is 0 Å². The SMILES string of the molecule is CC1CNCCN(c2ccc(OC(C)C)cc2)C1. The van der Waals surface area contributed by atoms with Crippen molar-refractivity contribution in [1.29, 1.82) is 0 Å². The number of rotatable bonds is 3. The van der Waals surface area contributed by atoms with Crippen LogP contribution < -0.4 is 15.0 Å². The second-order valence-corrected chi connectivity index (χ2v) is 5.42. The molecule has 100 valence electrons. The first-order valence-electron chi connectivity index (χ1n) is 6.87. The van der Waals surface area contributed by atoms with Crippen molar-refractivity contribution in [2.75, 3.05) is 31.1 Å². The average molecular weight is 248 g/mol. The fourth-order valence-corrected chi connectivity index (χ4v) is 2.34. The maximum atomic E-state index is 5.67. The third kappa shape index (κ3) is 3.64. The minimum absolute atomic E-state index is 0.234. The summed E-state index contributed by atoms with van der Waals surface area (Å²) in [5.74, 6) is 1.65. The van der Waals surface area contributed by atoms with Gasteiger partial charge in [-0.25, -0.2) is 0 Å². The molecule has 0 bridgehead atoms. The predicted octanol–water partition coefficient (Wildman–Crippen LogP) is 2.52. The van der Waals surface area contributed by atoms with Crippen LogP contribution in [0.1, 0.15) is 20.8 Å². The Morgan fingerprint density at radius 1 is 1.28 bits per heavy atom. The molecule has 0 aliphatic carbocycles. The maximum Gasteiger partial charge on any atom is 0.119 e. The van der Waals surface area contributed by atoms with Gasteiger partial charge in [-0.15, -0.1) is 0 Å². The molecule has 0 spiro atoms. The number of ether oxygens (including phenoxy) is 1. The molecule has 1 aliphatic heterocycles. The van der Waals surface area contributed by atoms with Gasteiger partial charge in [0.1, 0.15) is 5.75 Å². The van der Waals surface area contributed by atoms with Crippen LogP contribution in [0.5, 0.6) is 5.75 Å². The Hall–Kier alpha value is -1.22. The van der Waals surface area contributed by atoms with Gasteiger partial charge >= 0.3 is 0 Å². The monoisotopic (exact) mass is 248 g/mol. The molecular formula is C15H24N2O. The van der Waals surface area contributed by atoms with Gasteiger partial charge in [-0.2, -0.15) is 0 Å². The summed E-state index contributed by atoms with van der Waals surface area (Å²) in [5, 5.41) is 3.47. The van der Waals surface area contributed by atoms with Crippen LogP contribution in [0, 0.1) is 5.92 Å². The molecule has 0 radical (unpaired) electrons. The van der Waals surface area contributed by atoms with Crippen LogP contribution in [0.2, 0.25) is 0 Å². The Kier molecular flexibility index (Phi) is 4.48. The van der Waals surface area contributed by atoms with E-state index in [0.717, 1.165) is 31.9 Å². The number of benzene rings is 1. The number of nitrogens with one attached hydrogen (secondary N) is 1. The summed E-state index contributed by atoms with van der Waals surface area (Å²) in [5.41, 5.74) is 1.29. The van der Waals surface area contributed by atoms with Gasteiger partial charge in [0, 0.05) is 25.3 Å². The van der Waals surface area contributed by atoms with Crippen molar-refractivity contribution in [3.8, 4) is 5.75 Å². The Morgan fingerprint density at radius 3 is 2.67 bits per heavy atom. The second-order valence-electron chi connectivity index (χ2n) is 5.42. The van der Waals surface area contributed by atoms with Crippen LogP contribution >= 0.6 is 0 Å². The lowest BCUT2D eigenvalue weighted by Gasteiger charge is -2.24. The van der Waals surface area contributed by atoms with E-state index in [1.165, 1.54) is 5.69 Å². The van der Waals surface area contributed by atoms with Gasteiger partial charge in [0.05, 0.1) is 6.10 Å². The molecule has 3 nitrogen and oxygen atoms in total. The summed E-state index contributed by atoms with van der Waals surface area (Å²) in [6.07, 6.45) is 0.234. The highest BCUT2D eigenvalue weighted by Gasteiger charge is 2.14. The highest BCUT2D eigenvalue weighted by molar-refractivity contribution is 5.49. The van der Waals surface area contributed by atoms with Crippen LogP contribution in [0.3, 0.4) is 0 Å². The van der Waals surface area contributed by atoms with Crippen LogP contribution in [-0.4, -0.2) is 32.3 Å². The summed E-state index contributed by atoms with van der Waals surface area (Å²) in [4.78, 5) is 2.45. The molecule has 1 N–H and O–H groups in total. The van der Waals surface area contributed by atoms with Crippen molar-refractivity contribution in [3.05, 3.63) is 24.3 Å². The first-order valence-corrected chi connectivity index (χ1v) is 6.87. The van der Waals surface area contributed by atoms with Crippen molar-refractivity contribution >= 4 is 5.69 Å². The largest absolute Gasteiger partial charge is 0.491 e. The van der Waals surface area contributed by atoms with Crippen LogP contribution in [-0.2, 0) is 0 Å². The molecule has 1 unspecified atom stereocenters. The van der Waals surface area contributed by atoms with Crippen LogP contribution in [0.15, 0.2) is 24.3 Å². The molecule has 18 heavy (non-hydrogen) atoms. The summed E-state index contributed by atoms with van der Waals surface area (Å²) in [6, 6.07) is 8.46. The van der Waals surface area contributed by atoms with Gasteiger partial charge in [-0.1, -0.05) is 6.92 Å². The van der Waals surface area contributed by atoms with E-state index in [0.29, 0.717) is 5.92 Å². The van der Waals surface area contributed by atoms with Gasteiger partial charge in [0.2, 0.25) is 0 Å². The minimum Gasteiger partial charge on any atom is -0.491 e. The van der Waals surface area contributed by atoms with E-state index in [1.807, 2.05) is 0 Å². The summed E-state index contributed by atoms with van der Waals surface area (Å²) >= 11 is 0. The highest BCUT2D eigenvalue weighted by atomic mass is 16.5. The third-order valence-corrected chi connectivity index (χ3v) is 3.16. The number of hydrogen-bond donors (Lipinski definition) is 1. The predicted molar refractivity (Wildman–Crippen MR) is 76.5 cm³/mol. The van der Waals surface area contributed by atoms with Crippen LogP contribution in [0.25, 0.3) is 0 Å². The topological polar surface area (TPSA) is 24.5 Å². The molecular weight excluding hydrogens is 224 g/mol. The van der Waals surface area contributed by atoms with E-state index in [2.05, 4.69) is 55.3 Å². The minimum atomic E-state index is 0.234. The molecule has 1 atom stereocenters. The van der Waals surface area contributed by atoms with Crippen molar-refractivity contribution in [3.63, 3.8) is 0 Å². The Balaban J connectivity index is 2.03.